The second-order valence-corrected chi connectivity index (χ2v) is 10.4. The Bertz CT molecular complexity index is 1310. The number of carbonyl (C=O) groups excluding carboxylic acids is 1. The molecule has 4 heterocycles. The summed E-state index contributed by atoms with van der Waals surface area (Å²) in [7, 11) is 0. The van der Waals surface area contributed by atoms with E-state index in [-0.39, 0.29) is 17.9 Å². The van der Waals surface area contributed by atoms with Crippen LogP contribution in [0, 0.1) is 19.8 Å². The third kappa shape index (κ3) is 4.62. The van der Waals surface area contributed by atoms with Gasteiger partial charge in [0, 0.05) is 36.1 Å². The van der Waals surface area contributed by atoms with E-state index in [1.54, 1.807) is 17.7 Å². The first kappa shape index (κ1) is 22.7. The predicted molar refractivity (Wildman–Crippen MR) is 139 cm³/mol. The van der Waals surface area contributed by atoms with E-state index >= 15 is 0 Å². The summed E-state index contributed by atoms with van der Waals surface area (Å²) < 4.78 is 1.09. The maximum Gasteiger partial charge on any atom is 0.223 e. The van der Waals surface area contributed by atoms with Crippen LogP contribution in [0.3, 0.4) is 0 Å². The zero-order valence-corrected chi connectivity index (χ0v) is 20.9. The van der Waals surface area contributed by atoms with E-state index in [9.17, 15) is 4.79 Å². The molecule has 0 radical (unpaired) electrons. The van der Waals surface area contributed by atoms with Crippen molar-refractivity contribution in [2.45, 2.75) is 52.5 Å². The first-order valence-corrected chi connectivity index (χ1v) is 12.9. The highest BCUT2D eigenvalue weighted by molar-refractivity contribution is 7.26. The molecule has 1 unspecified atom stereocenters. The predicted octanol–water partition coefficient (Wildman–Crippen LogP) is 5.21. The first-order valence-electron chi connectivity index (χ1n) is 12.1. The minimum Gasteiger partial charge on any atom is -0.355 e. The summed E-state index contributed by atoms with van der Waals surface area (Å²) in [6, 6.07) is 12.7. The van der Waals surface area contributed by atoms with E-state index in [1.165, 1.54) is 11.1 Å². The Balaban J connectivity index is 1.23. The summed E-state index contributed by atoms with van der Waals surface area (Å²) in [5.41, 5.74) is 4.53. The van der Waals surface area contributed by atoms with Gasteiger partial charge in [-0.1, -0.05) is 30.3 Å². The van der Waals surface area contributed by atoms with Crippen molar-refractivity contribution < 1.29 is 4.79 Å². The lowest BCUT2D eigenvalue weighted by molar-refractivity contribution is -0.126. The van der Waals surface area contributed by atoms with Crippen molar-refractivity contribution in [3.05, 3.63) is 59.5 Å². The van der Waals surface area contributed by atoms with Crippen LogP contribution in [0.15, 0.2) is 42.7 Å². The van der Waals surface area contributed by atoms with E-state index in [0.717, 1.165) is 70.7 Å². The Morgan fingerprint density at radius 1 is 1.18 bits per heavy atom. The average molecular weight is 474 g/mol. The topological polar surface area (TPSA) is 71.0 Å². The van der Waals surface area contributed by atoms with Gasteiger partial charge in [0.25, 0.3) is 0 Å². The first-order chi connectivity index (χ1) is 16.5. The van der Waals surface area contributed by atoms with Gasteiger partial charge < -0.3 is 10.2 Å². The third-order valence-corrected chi connectivity index (χ3v) is 7.86. The van der Waals surface area contributed by atoms with Crippen LogP contribution in [0.1, 0.15) is 43.0 Å². The van der Waals surface area contributed by atoms with Crippen LogP contribution in [0.25, 0.3) is 20.4 Å². The van der Waals surface area contributed by atoms with Gasteiger partial charge in [0.05, 0.1) is 10.2 Å². The number of piperidine rings is 1. The number of aromatic nitrogens is 3. The molecule has 1 aliphatic rings. The molecule has 3 aromatic heterocycles. The zero-order chi connectivity index (χ0) is 23.7. The van der Waals surface area contributed by atoms with Crippen LogP contribution in [0.4, 0.5) is 5.82 Å². The quantitative estimate of drug-likeness (QED) is 0.416. The highest BCUT2D eigenvalue weighted by Gasteiger charge is 2.28. The molecule has 6 nitrogen and oxygen atoms in total. The van der Waals surface area contributed by atoms with Crippen molar-refractivity contribution in [3.63, 3.8) is 0 Å². The number of pyridine rings is 1. The Morgan fingerprint density at radius 2 is 1.94 bits per heavy atom. The van der Waals surface area contributed by atoms with Gasteiger partial charge >= 0.3 is 0 Å². The van der Waals surface area contributed by atoms with Crippen LogP contribution in [0.5, 0.6) is 0 Å². The average Bonchev–Trinajstić information content (AvgIpc) is 3.22. The summed E-state index contributed by atoms with van der Waals surface area (Å²) in [6.07, 6.45) is 5.27. The Morgan fingerprint density at radius 3 is 2.71 bits per heavy atom. The van der Waals surface area contributed by atoms with Gasteiger partial charge in [-0.3, -0.25) is 4.79 Å². The summed E-state index contributed by atoms with van der Waals surface area (Å²) in [5, 5.41) is 4.38. The maximum absolute atomic E-state index is 12.9. The number of thiophene rings is 1. The molecule has 176 valence electrons. The van der Waals surface area contributed by atoms with E-state index in [1.807, 2.05) is 13.0 Å². The fourth-order valence-corrected chi connectivity index (χ4v) is 6.20. The number of aryl methyl sites for hydroxylation is 3. The second-order valence-electron chi connectivity index (χ2n) is 9.43. The highest BCUT2D eigenvalue weighted by Crippen LogP contribution is 2.38. The van der Waals surface area contributed by atoms with Gasteiger partial charge in [-0.2, -0.15) is 0 Å². The number of carbonyl (C=O) groups is 1. The number of hydrogen-bond donors (Lipinski definition) is 1. The molecule has 1 aromatic carbocycles. The van der Waals surface area contributed by atoms with Crippen molar-refractivity contribution >= 4 is 43.5 Å². The lowest BCUT2D eigenvalue weighted by Gasteiger charge is -2.32. The summed E-state index contributed by atoms with van der Waals surface area (Å²) in [6.45, 7) is 7.90. The van der Waals surface area contributed by atoms with Crippen molar-refractivity contribution in [2.75, 3.05) is 18.0 Å². The molecule has 34 heavy (non-hydrogen) atoms. The van der Waals surface area contributed by atoms with Crippen molar-refractivity contribution in [1.29, 1.82) is 0 Å². The van der Waals surface area contributed by atoms with Crippen LogP contribution in [-0.4, -0.2) is 40.0 Å². The minimum atomic E-state index is 0.0571. The molecule has 0 bridgehead atoms. The smallest absolute Gasteiger partial charge is 0.223 e. The standard InChI is InChI=1S/C27H31N5OS/c1-17-15-19(3)31-27-22(17)23-24(34-27)25(29-16-28-23)32-13-11-21(12-14-32)26(33)30-18(2)9-10-20-7-5-4-6-8-20/h4-8,15-16,18,21H,9-14H2,1-3H3,(H,30,33). The normalized spacial score (nSPS) is 15.7. The highest BCUT2D eigenvalue weighted by atomic mass is 32.1. The Kier molecular flexibility index (Phi) is 6.46. The van der Waals surface area contributed by atoms with Crippen LogP contribution >= 0.6 is 11.3 Å². The molecule has 1 amide bonds. The van der Waals surface area contributed by atoms with Gasteiger partial charge in [-0.25, -0.2) is 15.0 Å². The fourth-order valence-electron chi connectivity index (χ4n) is 4.94. The zero-order valence-electron chi connectivity index (χ0n) is 20.0. The van der Waals surface area contributed by atoms with Crippen molar-refractivity contribution in [2.24, 2.45) is 5.92 Å². The van der Waals surface area contributed by atoms with E-state index in [0.29, 0.717) is 0 Å². The molecule has 1 fully saturated rings. The molecule has 5 rings (SSSR count). The third-order valence-electron chi connectivity index (χ3n) is 6.79. The summed E-state index contributed by atoms with van der Waals surface area (Å²) in [4.78, 5) is 30.2. The number of rotatable bonds is 6. The molecule has 1 N–H and O–H groups in total. The number of hydrogen-bond acceptors (Lipinski definition) is 6. The molecular weight excluding hydrogens is 442 g/mol. The molecule has 1 atom stereocenters. The van der Waals surface area contributed by atoms with Gasteiger partial charge in [0.15, 0.2) is 0 Å². The van der Waals surface area contributed by atoms with Crippen LogP contribution in [0.2, 0.25) is 0 Å². The SMILES string of the molecule is Cc1cc(C)c2c(n1)sc1c(N3CCC(C(=O)NC(C)CCc4ccccc4)CC3)ncnc12. The van der Waals surface area contributed by atoms with Crippen molar-refractivity contribution in [3.8, 4) is 0 Å². The lowest BCUT2D eigenvalue weighted by Crippen LogP contribution is -2.43. The van der Waals surface area contributed by atoms with Gasteiger partial charge in [-0.15, -0.1) is 11.3 Å². The number of amides is 1. The van der Waals surface area contributed by atoms with E-state index in [2.05, 4.69) is 64.4 Å². The van der Waals surface area contributed by atoms with E-state index in [4.69, 9.17) is 4.98 Å². The van der Waals surface area contributed by atoms with Crippen LogP contribution in [-0.2, 0) is 11.2 Å². The number of nitrogens with zero attached hydrogens (tertiary/aromatic N) is 4. The monoisotopic (exact) mass is 473 g/mol. The number of nitrogens with one attached hydrogen (secondary N) is 1. The molecule has 0 aliphatic carbocycles. The van der Waals surface area contributed by atoms with Gasteiger partial charge in [0.2, 0.25) is 5.91 Å². The number of fused-ring (bicyclic) bond motifs is 3. The van der Waals surface area contributed by atoms with Crippen molar-refractivity contribution in [1.82, 2.24) is 20.3 Å². The molecule has 7 heteroatoms. The minimum absolute atomic E-state index is 0.0571. The Labute approximate surface area is 204 Å². The molecule has 1 saturated heterocycles. The largest absolute Gasteiger partial charge is 0.355 e. The van der Waals surface area contributed by atoms with E-state index < -0.39 is 0 Å². The fraction of sp³-hybridized carbons (Fsp3) is 0.407. The Hall–Kier alpha value is -3.06. The molecule has 4 aromatic rings. The number of benzene rings is 1. The molecule has 0 spiro atoms. The van der Waals surface area contributed by atoms with Gasteiger partial charge in [-0.05, 0) is 63.6 Å². The summed E-state index contributed by atoms with van der Waals surface area (Å²) >= 11 is 1.67. The van der Waals surface area contributed by atoms with Gasteiger partial charge in [0.1, 0.15) is 17.0 Å². The number of anilines is 1. The van der Waals surface area contributed by atoms with Crippen LogP contribution < -0.4 is 10.2 Å². The maximum atomic E-state index is 12.9. The lowest BCUT2D eigenvalue weighted by atomic mass is 9.95. The second kappa shape index (κ2) is 9.66. The summed E-state index contributed by atoms with van der Waals surface area (Å²) in [5.74, 6) is 1.21. The molecule has 1 aliphatic heterocycles. The molecule has 0 saturated carbocycles. The molecular formula is C27H31N5OS.